The summed E-state index contributed by atoms with van der Waals surface area (Å²) in [6.45, 7) is 3.12. The summed E-state index contributed by atoms with van der Waals surface area (Å²) in [7, 11) is 1.36. The molecule has 19 heavy (non-hydrogen) atoms. The number of carbonyl (C=O) groups excluding carboxylic acids is 1. The Kier molecular flexibility index (Phi) is 4.35. The highest BCUT2D eigenvalue weighted by Gasteiger charge is 2.27. The maximum Gasteiger partial charge on any atom is 0.343 e. The van der Waals surface area contributed by atoms with Crippen molar-refractivity contribution in [2.24, 2.45) is 5.41 Å². The van der Waals surface area contributed by atoms with Crippen LogP contribution in [0, 0.1) is 5.41 Å². The number of nitrogens with one attached hydrogen (secondary N) is 1. The standard InChI is InChI=1S/C14H21N3O2/c1-14(6-4-3-5-7-14)9-16-12-11(13(18)19-2)8-15-10-17-12/h8,10H,3-7,9H2,1-2H3,(H,15,16,17). The molecule has 0 saturated heterocycles. The second kappa shape index (κ2) is 5.99. The monoisotopic (exact) mass is 263 g/mol. The van der Waals surface area contributed by atoms with Gasteiger partial charge in [0.05, 0.1) is 7.11 Å². The van der Waals surface area contributed by atoms with Crippen LogP contribution in [0.2, 0.25) is 0 Å². The van der Waals surface area contributed by atoms with E-state index in [4.69, 9.17) is 4.74 Å². The highest BCUT2D eigenvalue weighted by Crippen LogP contribution is 2.35. The van der Waals surface area contributed by atoms with Gasteiger partial charge in [-0.25, -0.2) is 14.8 Å². The van der Waals surface area contributed by atoms with Gasteiger partial charge in [0.15, 0.2) is 0 Å². The Hall–Kier alpha value is -1.65. The van der Waals surface area contributed by atoms with Gasteiger partial charge in [-0.05, 0) is 18.3 Å². The van der Waals surface area contributed by atoms with Crippen molar-refractivity contribution in [3.63, 3.8) is 0 Å². The third-order valence-electron chi connectivity index (χ3n) is 3.86. The number of hydrogen-bond acceptors (Lipinski definition) is 5. The highest BCUT2D eigenvalue weighted by molar-refractivity contribution is 5.94. The summed E-state index contributed by atoms with van der Waals surface area (Å²) in [4.78, 5) is 19.6. The average Bonchev–Trinajstić information content (AvgIpc) is 2.45. The van der Waals surface area contributed by atoms with E-state index in [2.05, 4.69) is 22.2 Å². The first-order chi connectivity index (χ1) is 9.14. The predicted octanol–water partition coefficient (Wildman–Crippen LogP) is 2.65. The van der Waals surface area contributed by atoms with Gasteiger partial charge in [0.25, 0.3) is 0 Å². The lowest BCUT2D eigenvalue weighted by Crippen LogP contribution is -2.29. The van der Waals surface area contributed by atoms with E-state index in [9.17, 15) is 4.79 Å². The molecule has 1 aliphatic rings. The number of carbonyl (C=O) groups is 1. The molecule has 1 saturated carbocycles. The molecule has 1 aromatic heterocycles. The lowest BCUT2D eigenvalue weighted by Gasteiger charge is -2.33. The van der Waals surface area contributed by atoms with Crippen molar-refractivity contribution in [2.45, 2.75) is 39.0 Å². The van der Waals surface area contributed by atoms with Gasteiger partial charge in [-0.3, -0.25) is 0 Å². The molecule has 0 bridgehead atoms. The van der Waals surface area contributed by atoms with Crippen LogP contribution in [0.1, 0.15) is 49.4 Å². The van der Waals surface area contributed by atoms with Crippen LogP contribution >= 0.6 is 0 Å². The zero-order chi connectivity index (χ0) is 13.7. The largest absolute Gasteiger partial charge is 0.465 e. The topological polar surface area (TPSA) is 64.1 Å². The van der Waals surface area contributed by atoms with Gasteiger partial charge < -0.3 is 10.1 Å². The summed E-state index contributed by atoms with van der Waals surface area (Å²) in [5.74, 6) is 0.158. The second-order valence-electron chi connectivity index (χ2n) is 5.50. The third-order valence-corrected chi connectivity index (χ3v) is 3.86. The number of nitrogens with zero attached hydrogens (tertiary/aromatic N) is 2. The molecular formula is C14H21N3O2. The van der Waals surface area contributed by atoms with Gasteiger partial charge in [-0.2, -0.15) is 0 Å². The summed E-state index contributed by atoms with van der Waals surface area (Å²) >= 11 is 0. The van der Waals surface area contributed by atoms with E-state index in [0.29, 0.717) is 11.4 Å². The van der Waals surface area contributed by atoms with Crippen molar-refractivity contribution in [1.29, 1.82) is 0 Å². The zero-order valence-electron chi connectivity index (χ0n) is 11.6. The van der Waals surface area contributed by atoms with Crippen LogP contribution in [-0.2, 0) is 4.74 Å². The Morgan fingerprint density at radius 3 is 2.84 bits per heavy atom. The molecule has 0 aliphatic heterocycles. The second-order valence-corrected chi connectivity index (χ2v) is 5.50. The Labute approximate surface area is 113 Å². The Morgan fingerprint density at radius 1 is 1.42 bits per heavy atom. The Morgan fingerprint density at radius 2 is 2.16 bits per heavy atom. The van der Waals surface area contributed by atoms with Gasteiger partial charge in [0.1, 0.15) is 17.7 Å². The first-order valence-corrected chi connectivity index (χ1v) is 6.77. The van der Waals surface area contributed by atoms with Crippen molar-refractivity contribution < 1.29 is 9.53 Å². The van der Waals surface area contributed by atoms with E-state index in [1.54, 1.807) is 0 Å². The molecule has 0 spiro atoms. The van der Waals surface area contributed by atoms with Crippen molar-refractivity contribution >= 4 is 11.8 Å². The van der Waals surface area contributed by atoms with Crippen LogP contribution in [-0.4, -0.2) is 29.6 Å². The fourth-order valence-electron chi connectivity index (χ4n) is 2.61. The fourth-order valence-corrected chi connectivity index (χ4v) is 2.61. The molecule has 0 atom stereocenters. The molecule has 0 aromatic carbocycles. The molecule has 5 nitrogen and oxygen atoms in total. The first kappa shape index (κ1) is 13.8. The van der Waals surface area contributed by atoms with E-state index in [-0.39, 0.29) is 5.41 Å². The highest BCUT2D eigenvalue weighted by atomic mass is 16.5. The maximum absolute atomic E-state index is 11.6. The molecular weight excluding hydrogens is 242 g/mol. The van der Waals surface area contributed by atoms with Gasteiger partial charge in [-0.15, -0.1) is 0 Å². The predicted molar refractivity (Wildman–Crippen MR) is 73.1 cm³/mol. The molecule has 1 aliphatic carbocycles. The van der Waals surface area contributed by atoms with E-state index in [0.717, 1.165) is 6.54 Å². The molecule has 1 heterocycles. The van der Waals surface area contributed by atoms with Gasteiger partial charge >= 0.3 is 5.97 Å². The Balaban J connectivity index is 2.04. The molecule has 0 radical (unpaired) electrons. The van der Waals surface area contributed by atoms with Crippen LogP contribution in [0.4, 0.5) is 5.82 Å². The van der Waals surface area contributed by atoms with Crippen LogP contribution in [0.3, 0.4) is 0 Å². The van der Waals surface area contributed by atoms with Crippen LogP contribution in [0.25, 0.3) is 0 Å². The van der Waals surface area contributed by atoms with Crippen LogP contribution in [0.15, 0.2) is 12.5 Å². The summed E-state index contributed by atoms with van der Waals surface area (Å²) in [6, 6.07) is 0. The smallest absolute Gasteiger partial charge is 0.343 e. The number of anilines is 1. The zero-order valence-corrected chi connectivity index (χ0v) is 11.6. The first-order valence-electron chi connectivity index (χ1n) is 6.77. The summed E-state index contributed by atoms with van der Waals surface area (Å²) < 4.78 is 4.73. The van der Waals surface area contributed by atoms with Crippen LogP contribution < -0.4 is 5.32 Å². The van der Waals surface area contributed by atoms with E-state index >= 15 is 0 Å². The molecule has 1 N–H and O–H groups in total. The number of aromatic nitrogens is 2. The molecule has 1 aromatic rings. The molecule has 0 amide bonds. The number of methoxy groups -OCH3 is 1. The van der Waals surface area contributed by atoms with Crippen molar-refractivity contribution in [3.05, 3.63) is 18.1 Å². The van der Waals surface area contributed by atoms with E-state index in [1.807, 2.05) is 0 Å². The van der Waals surface area contributed by atoms with Crippen molar-refractivity contribution in [3.8, 4) is 0 Å². The molecule has 0 unspecified atom stereocenters. The van der Waals surface area contributed by atoms with Crippen LogP contribution in [0.5, 0.6) is 0 Å². The molecule has 104 valence electrons. The molecule has 1 fully saturated rings. The van der Waals surface area contributed by atoms with Gasteiger partial charge in [0, 0.05) is 12.7 Å². The van der Waals surface area contributed by atoms with Crippen molar-refractivity contribution in [2.75, 3.05) is 19.0 Å². The lowest BCUT2D eigenvalue weighted by atomic mass is 9.76. The SMILES string of the molecule is COC(=O)c1cncnc1NCC1(C)CCCCC1. The molecule has 5 heteroatoms. The summed E-state index contributed by atoms with van der Waals surface area (Å²) in [5, 5.41) is 3.29. The quantitative estimate of drug-likeness (QED) is 0.846. The van der Waals surface area contributed by atoms with E-state index < -0.39 is 5.97 Å². The fraction of sp³-hybridized carbons (Fsp3) is 0.643. The number of hydrogen-bond donors (Lipinski definition) is 1. The summed E-state index contributed by atoms with van der Waals surface area (Å²) in [5.41, 5.74) is 0.681. The number of rotatable bonds is 4. The number of esters is 1. The van der Waals surface area contributed by atoms with Gasteiger partial charge in [0.2, 0.25) is 0 Å². The van der Waals surface area contributed by atoms with E-state index in [1.165, 1.54) is 51.7 Å². The maximum atomic E-state index is 11.6. The minimum Gasteiger partial charge on any atom is -0.465 e. The third kappa shape index (κ3) is 3.43. The minimum absolute atomic E-state index is 0.288. The number of ether oxygens (including phenoxy) is 1. The Bertz CT molecular complexity index is 442. The minimum atomic E-state index is -0.406. The van der Waals surface area contributed by atoms with Gasteiger partial charge in [-0.1, -0.05) is 26.2 Å². The lowest BCUT2D eigenvalue weighted by molar-refractivity contribution is 0.0601. The summed E-state index contributed by atoms with van der Waals surface area (Å²) in [6.07, 6.45) is 9.27. The average molecular weight is 263 g/mol. The van der Waals surface area contributed by atoms with Crippen molar-refractivity contribution in [1.82, 2.24) is 9.97 Å². The normalized spacial score (nSPS) is 17.8. The molecule has 2 rings (SSSR count).